The Bertz CT molecular complexity index is 923. The molecule has 2 heterocycles. The van der Waals surface area contributed by atoms with Gasteiger partial charge in [-0.15, -0.1) is 0 Å². The second-order valence-corrected chi connectivity index (χ2v) is 6.83. The highest BCUT2D eigenvalue weighted by molar-refractivity contribution is 5.83. The second kappa shape index (κ2) is 7.34. The van der Waals surface area contributed by atoms with Gasteiger partial charge in [-0.05, 0) is 42.7 Å². The van der Waals surface area contributed by atoms with Gasteiger partial charge in [0.05, 0.1) is 12.6 Å². The van der Waals surface area contributed by atoms with E-state index in [0.717, 1.165) is 43.2 Å². The molecule has 1 aliphatic heterocycles. The highest BCUT2D eigenvalue weighted by atomic mass is 16.5. The number of hydrogen-bond donors (Lipinski definition) is 0. The molecule has 0 atom stereocenters. The summed E-state index contributed by atoms with van der Waals surface area (Å²) in [5.41, 5.74) is 4.69. The number of ether oxygens (including phenoxy) is 2. The molecule has 0 unspecified atom stereocenters. The summed E-state index contributed by atoms with van der Waals surface area (Å²) in [6.45, 7) is 5.54. The fourth-order valence-corrected chi connectivity index (χ4v) is 3.51. The van der Waals surface area contributed by atoms with Crippen LogP contribution in [-0.4, -0.2) is 36.7 Å². The Hall–Kier alpha value is -2.59. The number of hydrogen-bond acceptors (Lipinski definition) is 4. The quantitative estimate of drug-likeness (QED) is 0.714. The molecule has 0 N–H and O–H groups in total. The van der Waals surface area contributed by atoms with E-state index in [-0.39, 0.29) is 0 Å². The number of para-hydroxylation sites is 1. The predicted molar refractivity (Wildman–Crippen MR) is 104 cm³/mol. The lowest BCUT2D eigenvalue weighted by atomic mass is 10.1. The van der Waals surface area contributed by atoms with Crippen LogP contribution >= 0.6 is 0 Å². The van der Waals surface area contributed by atoms with Crippen LogP contribution in [0.25, 0.3) is 10.9 Å². The van der Waals surface area contributed by atoms with Crippen molar-refractivity contribution in [1.29, 1.82) is 0 Å². The molecule has 0 radical (unpaired) electrons. The third-order valence-electron chi connectivity index (χ3n) is 4.98. The van der Waals surface area contributed by atoms with Gasteiger partial charge in [0.25, 0.3) is 0 Å². The molecule has 0 amide bonds. The zero-order chi connectivity index (χ0) is 17.9. The monoisotopic (exact) mass is 348 g/mol. The molecule has 26 heavy (non-hydrogen) atoms. The van der Waals surface area contributed by atoms with Gasteiger partial charge in [-0.1, -0.05) is 30.3 Å². The molecule has 4 nitrogen and oxygen atoms in total. The first-order valence-electron chi connectivity index (χ1n) is 9.10. The van der Waals surface area contributed by atoms with Crippen molar-refractivity contribution in [3.63, 3.8) is 0 Å². The van der Waals surface area contributed by atoms with Crippen molar-refractivity contribution in [3.8, 4) is 11.6 Å². The number of rotatable bonds is 4. The van der Waals surface area contributed by atoms with Gasteiger partial charge in [-0.3, -0.25) is 4.90 Å². The second-order valence-electron chi connectivity index (χ2n) is 6.83. The Morgan fingerprint density at radius 2 is 2.04 bits per heavy atom. The molecule has 0 spiro atoms. The van der Waals surface area contributed by atoms with E-state index in [2.05, 4.69) is 48.2 Å². The number of pyridine rings is 1. The number of methoxy groups -OCH3 is 1. The summed E-state index contributed by atoms with van der Waals surface area (Å²) in [6, 6.07) is 16.8. The molecular formula is C22H24N2O2. The summed E-state index contributed by atoms with van der Waals surface area (Å²) in [6.07, 6.45) is 0.993. The minimum absolute atomic E-state index is 0.676. The molecule has 3 aromatic rings. The molecule has 4 rings (SSSR count). The summed E-state index contributed by atoms with van der Waals surface area (Å²) < 4.78 is 11.3. The Balaban J connectivity index is 1.52. The summed E-state index contributed by atoms with van der Waals surface area (Å²) in [5.74, 6) is 1.70. The van der Waals surface area contributed by atoms with Crippen molar-refractivity contribution in [1.82, 2.24) is 9.88 Å². The van der Waals surface area contributed by atoms with Crippen LogP contribution in [0.1, 0.15) is 16.7 Å². The molecule has 4 heteroatoms. The topological polar surface area (TPSA) is 34.6 Å². The van der Waals surface area contributed by atoms with Crippen molar-refractivity contribution in [3.05, 3.63) is 65.2 Å². The summed E-state index contributed by atoms with van der Waals surface area (Å²) in [7, 11) is 1.71. The van der Waals surface area contributed by atoms with E-state index in [0.29, 0.717) is 6.61 Å². The molecule has 2 aromatic carbocycles. The van der Waals surface area contributed by atoms with Gasteiger partial charge in [-0.25, -0.2) is 4.98 Å². The van der Waals surface area contributed by atoms with E-state index in [9.17, 15) is 0 Å². The lowest BCUT2D eigenvalue weighted by Crippen LogP contribution is -2.28. The van der Waals surface area contributed by atoms with Gasteiger partial charge >= 0.3 is 0 Å². The Morgan fingerprint density at radius 3 is 2.92 bits per heavy atom. The molecular weight excluding hydrogens is 324 g/mol. The Kier molecular flexibility index (Phi) is 4.76. The van der Waals surface area contributed by atoms with E-state index in [1.54, 1.807) is 7.11 Å². The van der Waals surface area contributed by atoms with Gasteiger partial charge < -0.3 is 9.47 Å². The Morgan fingerprint density at radius 1 is 1.15 bits per heavy atom. The van der Waals surface area contributed by atoms with Crippen LogP contribution in [0.5, 0.6) is 11.6 Å². The van der Waals surface area contributed by atoms with E-state index in [4.69, 9.17) is 14.5 Å². The molecule has 1 aliphatic rings. The van der Waals surface area contributed by atoms with Crippen LogP contribution < -0.4 is 9.47 Å². The zero-order valence-electron chi connectivity index (χ0n) is 15.4. The highest BCUT2D eigenvalue weighted by Crippen LogP contribution is 2.27. The maximum Gasteiger partial charge on any atom is 0.218 e. The number of fused-ring (bicyclic) bond motifs is 2. The highest BCUT2D eigenvalue weighted by Gasteiger charge is 2.17. The normalized spacial score (nSPS) is 14.5. The van der Waals surface area contributed by atoms with E-state index < -0.39 is 0 Å². The molecule has 0 saturated carbocycles. The maximum absolute atomic E-state index is 5.96. The Labute approximate surface area is 154 Å². The van der Waals surface area contributed by atoms with E-state index in [1.165, 1.54) is 22.1 Å². The van der Waals surface area contributed by atoms with Crippen molar-refractivity contribution in [2.75, 3.05) is 26.8 Å². The van der Waals surface area contributed by atoms with Gasteiger partial charge in [-0.2, -0.15) is 0 Å². The largest absolute Gasteiger partial charge is 0.497 e. The lowest BCUT2D eigenvalue weighted by Gasteiger charge is -2.19. The molecule has 0 fully saturated rings. The van der Waals surface area contributed by atoms with Crippen LogP contribution in [0.15, 0.2) is 48.5 Å². The van der Waals surface area contributed by atoms with Crippen LogP contribution in [0, 0.1) is 6.92 Å². The first-order chi connectivity index (χ1) is 12.7. The van der Waals surface area contributed by atoms with Gasteiger partial charge in [0.1, 0.15) is 12.4 Å². The number of benzene rings is 2. The molecule has 134 valence electrons. The van der Waals surface area contributed by atoms with Crippen LogP contribution in [0.2, 0.25) is 0 Å². The first kappa shape index (κ1) is 16.9. The third kappa shape index (κ3) is 3.51. The number of nitrogens with zero attached hydrogens (tertiary/aromatic N) is 2. The summed E-state index contributed by atoms with van der Waals surface area (Å²) >= 11 is 0. The smallest absolute Gasteiger partial charge is 0.218 e. The van der Waals surface area contributed by atoms with E-state index in [1.807, 2.05) is 12.1 Å². The maximum atomic E-state index is 5.96. The predicted octanol–water partition coefficient (Wildman–Crippen LogP) is 3.99. The van der Waals surface area contributed by atoms with Crippen LogP contribution in [-0.2, 0) is 13.0 Å². The zero-order valence-corrected chi connectivity index (χ0v) is 15.4. The fraction of sp³-hybridized carbons (Fsp3) is 0.318. The first-order valence-corrected chi connectivity index (χ1v) is 9.10. The van der Waals surface area contributed by atoms with Crippen molar-refractivity contribution in [2.45, 2.75) is 19.9 Å². The molecule has 0 saturated heterocycles. The third-order valence-corrected chi connectivity index (χ3v) is 4.98. The standard InChI is InChI=1S/C22H24N2O2/c1-16-5-3-7-18-14-19-15-24(11-12-26-22(19)23-21(16)18)10-9-17-6-4-8-20(13-17)25-2/h3-8,13-14H,9-12,15H2,1-2H3. The molecule has 0 bridgehead atoms. The summed E-state index contributed by atoms with van der Waals surface area (Å²) in [4.78, 5) is 7.22. The van der Waals surface area contributed by atoms with Gasteiger partial charge in [0, 0.05) is 30.6 Å². The average Bonchev–Trinajstić information content (AvgIpc) is 2.87. The minimum atomic E-state index is 0.676. The molecule has 1 aromatic heterocycles. The van der Waals surface area contributed by atoms with Crippen molar-refractivity contribution in [2.24, 2.45) is 0 Å². The van der Waals surface area contributed by atoms with Crippen LogP contribution in [0.3, 0.4) is 0 Å². The lowest BCUT2D eigenvalue weighted by molar-refractivity contribution is 0.225. The van der Waals surface area contributed by atoms with Crippen LogP contribution in [0.4, 0.5) is 0 Å². The van der Waals surface area contributed by atoms with Crippen molar-refractivity contribution < 1.29 is 9.47 Å². The fourth-order valence-electron chi connectivity index (χ4n) is 3.51. The SMILES string of the molecule is COc1cccc(CCN2CCOc3nc4c(C)cccc4cc3C2)c1. The van der Waals surface area contributed by atoms with Gasteiger partial charge in [0.2, 0.25) is 5.88 Å². The van der Waals surface area contributed by atoms with E-state index >= 15 is 0 Å². The minimum Gasteiger partial charge on any atom is -0.497 e. The number of aryl methyl sites for hydroxylation is 1. The van der Waals surface area contributed by atoms with Gasteiger partial charge in [0.15, 0.2) is 0 Å². The summed E-state index contributed by atoms with van der Waals surface area (Å²) in [5, 5.41) is 1.18. The number of aromatic nitrogens is 1. The molecule has 0 aliphatic carbocycles. The average molecular weight is 348 g/mol. The van der Waals surface area contributed by atoms with Crippen molar-refractivity contribution >= 4 is 10.9 Å².